The zero-order chi connectivity index (χ0) is 29.9. The fourth-order valence-electron chi connectivity index (χ4n) is 5.02. The van der Waals surface area contributed by atoms with Crippen molar-refractivity contribution in [1.29, 1.82) is 0 Å². The fourth-order valence-corrected chi connectivity index (χ4v) is 5.71. The normalized spacial score (nSPS) is 14.8. The number of amides is 2. The lowest BCUT2D eigenvalue weighted by atomic mass is 10.1. The third-order valence-electron chi connectivity index (χ3n) is 7.26. The van der Waals surface area contributed by atoms with Gasteiger partial charge in [-0.05, 0) is 38.5 Å². The van der Waals surface area contributed by atoms with Crippen LogP contribution in [0, 0.1) is 0 Å². The summed E-state index contributed by atoms with van der Waals surface area (Å²) in [5.74, 6) is -0.137. The molecular formula is C27H42N6O6P2. The van der Waals surface area contributed by atoms with Crippen LogP contribution in [-0.2, 0) is 29.4 Å². The highest BCUT2D eigenvalue weighted by molar-refractivity contribution is 7.16. The Morgan fingerprint density at radius 3 is 1.98 bits per heavy atom. The minimum absolute atomic E-state index is 0.0297. The average Bonchev–Trinajstić information content (AvgIpc) is 3.41. The van der Waals surface area contributed by atoms with E-state index in [0.29, 0.717) is 74.5 Å². The van der Waals surface area contributed by atoms with Crippen LogP contribution < -0.4 is 0 Å². The Morgan fingerprint density at radius 1 is 0.854 bits per heavy atom. The van der Waals surface area contributed by atoms with Gasteiger partial charge in [0.15, 0.2) is 17.3 Å². The van der Waals surface area contributed by atoms with Crippen molar-refractivity contribution >= 4 is 41.9 Å². The highest BCUT2D eigenvalue weighted by Gasteiger charge is 2.30. The molecule has 0 bridgehead atoms. The molecule has 14 heteroatoms. The summed E-state index contributed by atoms with van der Waals surface area (Å²) in [6, 6.07) is 0. The summed E-state index contributed by atoms with van der Waals surface area (Å²) in [7, 11) is 10.0. The molecule has 0 saturated heterocycles. The van der Waals surface area contributed by atoms with Gasteiger partial charge in [-0.2, -0.15) is 10.2 Å². The molecule has 2 aromatic rings. The Balaban J connectivity index is 0.000000226. The van der Waals surface area contributed by atoms with Crippen molar-refractivity contribution in [2.45, 2.75) is 51.4 Å². The van der Waals surface area contributed by atoms with Gasteiger partial charge in [-0.15, -0.1) is 18.5 Å². The number of hydrogen-bond acceptors (Lipinski definition) is 8. The molecule has 0 radical (unpaired) electrons. The van der Waals surface area contributed by atoms with E-state index in [9.17, 15) is 19.2 Å². The van der Waals surface area contributed by atoms with Crippen molar-refractivity contribution in [2.75, 3.05) is 53.1 Å². The number of carbonyl (C=O) groups is 4. The van der Waals surface area contributed by atoms with Crippen molar-refractivity contribution in [3.05, 3.63) is 33.9 Å². The number of nitrogens with one attached hydrogen (secondary N) is 1. The van der Waals surface area contributed by atoms with Gasteiger partial charge in [-0.25, -0.2) is 0 Å². The number of methoxy groups -OCH3 is 2. The maximum Gasteiger partial charge on any atom is 0.275 e. The lowest BCUT2D eigenvalue weighted by Crippen LogP contribution is -2.33. The molecule has 2 aliphatic carbocycles. The van der Waals surface area contributed by atoms with Gasteiger partial charge in [0.05, 0.1) is 13.2 Å². The van der Waals surface area contributed by atoms with Crippen LogP contribution >= 0.6 is 18.5 Å². The van der Waals surface area contributed by atoms with Crippen LogP contribution in [0.2, 0.25) is 0 Å². The summed E-state index contributed by atoms with van der Waals surface area (Å²) >= 11 is 0. The van der Waals surface area contributed by atoms with Crippen LogP contribution in [0.15, 0.2) is 0 Å². The number of ether oxygens (including phenoxy) is 2. The molecule has 4 rings (SSSR count). The molecule has 2 aliphatic rings. The molecule has 12 nitrogen and oxygen atoms in total. The summed E-state index contributed by atoms with van der Waals surface area (Å²) in [6.45, 7) is 1.99. The molecule has 0 spiro atoms. The van der Waals surface area contributed by atoms with E-state index in [0.717, 1.165) is 49.7 Å². The van der Waals surface area contributed by atoms with Gasteiger partial charge in [0.25, 0.3) is 11.8 Å². The van der Waals surface area contributed by atoms with E-state index in [2.05, 4.69) is 33.8 Å². The Bertz CT molecular complexity index is 1230. The molecular weight excluding hydrogens is 566 g/mol. The third-order valence-corrected chi connectivity index (χ3v) is 8.15. The predicted octanol–water partition coefficient (Wildman–Crippen LogP) is 2.49. The molecule has 2 atom stereocenters. The van der Waals surface area contributed by atoms with Gasteiger partial charge >= 0.3 is 0 Å². The lowest BCUT2D eigenvalue weighted by molar-refractivity contribution is 0.0719. The highest BCUT2D eigenvalue weighted by atomic mass is 31.0. The Kier molecular flexibility index (Phi) is 13.0. The number of ketones is 2. The number of nitrogens with zero attached hydrogens (tertiary/aromatic N) is 5. The van der Waals surface area contributed by atoms with E-state index in [1.807, 2.05) is 0 Å². The van der Waals surface area contributed by atoms with Crippen LogP contribution in [0.1, 0.15) is 91.6 Å². The molecule has 2 heterocycles. The van der Waals surface area contributed by atoms with Gasteiger partial charge < -0.3 is 19.3 Å². The number of carbonyl (C=O) groups excluding carboxylic acids is 4. The molecule has 0 saturated carbocycles. The quantitative estimate of drug-likeness (QED) is 0.321. The molecule has 1 N–H and O–H groups in total. The van der Waals surface area contributed by atoms with Crippen LogP contribution in [0.4, 0.5) is 0 Å². The Morgan fingerprint density at radius 2 is 1.39 bits per heavy atom. The summed E-state index contributed by atoms with van der Waals surface area (Å²) in [6.07, 6.45) is 7.13. The van der Waals surface area contributed by atoms with Gasteiger partial charge in [0.1, 0.15) is 17.1 Å². The Labute approximate surface area is 245 Å². The zero-order valence-corrected chi connectivity index (χ0v) is 26.5. The summed E-state index contributed by atoms with van der Waals surface area (Å²) < 4.78 is 11.6. The number of rotatable bonds is 10. The molecule has 2 unspecified atom stereocenters. The van der Waals surface area contributed by atoms with Crippen LogP contribution in [0.25, 0.3) is 0 Å². The number of aromatic nitrogens is 4. The molecule has 0 aliphatic heterocycles. The minimum Gasteiger partial charge on any atom is -0.383 e. The van der Waals surface area contributed by atoms with Crippen molar-refractivity contribution < 1.29 is 28.7 Å². The summed E-state index contributed by atoms with van der Waals surface area (Å²) in [5, 5.41) is 11.1. The van der Waals surface area contributed by atoms with Crippen molar-refractivity contribution in [2.24, 2.45) is 7.05 Å². The standard InChI is InChI=1S/C14H22N3O3P.C13H20N3O3P/c1-16-13-10(5-3-4-6-11(13)18)12(15-16)14(19)17(9-21)7-8-20-2;1-19-7-6-16(8-20)13(18)12-9-4-2-3-5-10(17)11(9)14-15-12/h3-9,21H2,1-2H3;2-8,20H2,1H3,(H,14,15). The van der Waals surface area contributed by atoms with E-state index >= 15 is 0 Å². The number of aromatic amines is 1. The summed E-state index contributed by atoms with van der Waals surface area (Å²) in [5.41, 5.74) is 3.51. The second kappa shape index (κ2) is 16.2. The fraction of sp³-hybridized carbons (Fsp3) is 0.630. The maximum atomic E-state index is 12.7. The number of H-pyrrole nitrogens is 1. The van der Waals surface area contributed by atoms with Gasteiger partial charge in [-0.3, -0.25) is 29.0 Å². The van der Waals surface area contributed by atoms with E-state index in [-0.39, 0.29) is 23.4 Å². The maximum absolute atomic E-state index is 12.7. The third kappa shape index (κ3) is 8.07. The van der Waals surface area contributed by atoms with E-state index in [4.69, 9.17) is 9.47 Å². The minimum atomic E-state index is -0.131. The van der Waals surface area contributed by atoms with E-state index in [1.165, 1.54) is 0 Å². The molecule has 2 amide bonds. The lowest BCUT2D eigenvalue weighted by Gasteiger charge is -2.20. The molecule has 2 aromatic heterocycles. The smallest absolute Gasteiger partial charge is 0.275 e. The van der Waals surface area contributed by atoms with E-state index < -0.39 is 0 Å². The molecule has 41 heavy (non-hydrogen) atoms. The van der Waals surface area contributed by atoms with E-state index in [1.54, 1.807) is 35.7 Å². The first kappa shape index (κ1) is 33.0. The van der Waals surface area contributed by atoms with Crippen LogP contribution in [-0.4, -0.2) is 106 Å². The number of Topliss-reactive ketones (excluding diaryl/α,β-unsaturated/α-hetero) is 2. The van der Waals surface area contributed by atoms with Crippen molar-refractivity contribution in [1.82, 2.24) is 29.8 Å². The molecule has 0 aromatic carbocycles. The topological polar surface area (TPSA) is 140 Å². The van der Waals surface area contributed by atoms with Gasteiger partial charge in [-0.1, -0.05) is 0 Å². The first-order valence-electron chi connectivity index (χ1n) is 13.9. The second-order valence-electron chi connectivity index (χ2n) is 9.97. The molecule has 0 fully saturated rings. The molecule has 226 valence electrons. The highest BCUT2D eigenvalue weighted by Crippen LogP contribution is 2.25. The first-order valence-corrected chi connectivity index (χ1v) is 15.6. The van der Waals surface area contributed by atoms with Crippen LogP contribution in [0.3, 0.4) is 0 Å². The largest absolute Gasteiger partial charge is 0.383 e. The average molecular weight is 609 g/mol. The summed E-state index contributed by atoms with van der Waals surface area (Å²) in [4.78, 5) is 52.6. The van der Waals surface area contributed by atoms with Gasteiger partial charge in [0.2, 0.25) is 0 Å². The van der Waals surface area contributed by atoms with Crippen molar-refractivity contribution in [3.63, 3.8) is 0 Å². The number of aryl methyl sites for hydroxylation is 1. The number of hydrogen-bond donors (Lipinski definition) is 1. The van der Waals surface area contributed by atoms with Crippen LogP contribution in [0.5, 0.6) is 0 Å². The number of fused-ring (bicyclic) bond motifs is 2. The zero-order valence-electron chi connectivity index (χ0n) is 24.2. The SMILES string of the molecule is COCCN(CP)C(=O)c1[nH]nc2c1CCCCC2=O.COCCN(CP)C(=O)c1nn(C)c2c1CCCCC2=O. The second-order valence-corrected chi connectivity index (χ2v) is 10.7. The first-order chi connectivity index (χ1) is 19.8. The predicted molar refractivity (Wildman–Crippen MR) is 161 cm³/mol. The Hall–Kier alpha value is -2.52. The monoisotopic (exact) mass is 608 g/mol. The van der Waals surface area contributed by atoms with Gasteiger partial charge in [0, 0.05) is 70.9 Å². The van der Waals surface area contributed by atoms with Crippen molar-refractivity contribution in [3.8, 4) is 0 Å².